The Balaban J connectivity index is 1.44. The molecule has 0 unspecified atom stereocenters. The topological polar surface area (TPSA) is 174 Å². The molecule has 0 radical (unpaired) electrons. The summed E-state index contributed by atoms with van der Waals surface area (Å²) in [6.45, 7) is 2.99. The SMILES string of the molecule is CN[C@@H](C)C(=O)N[C@H]1CCCC2=CN(CCOc3ccc(cc3)C[C@@H](C(=O)OC)NC(=O)[C@H](Cc3ccccc3)NC(=O)[C@@H]3CCCN3C1=O)NN2C. The number of methoxy groups -OCH3 is 1. The molecule has 4 amide bonds. The second-order valence-electron chi connectivity index (χ2n) is 13.7. The Labute approximate surface area is 310 Å². The number of hydrazine groups is 2. The zero-order valence-electron chi connectivity index (χ0n) is 30.9. The van der Waals surface area contributed by atoms with Gasteiger partial charge in [0, 0.05) is 38.3 Å². The molecule has 5 N–H and O–H groups in total. The minimum Gasteiger partial charge on any atom is -0.492 e. The molecule has 0 aliphatic carbocycles. The number of nitrogens with one attached hydrogen (secondary N) is 5. The molecule has 286 valence electrons. The summed E-state index contributed by atoms with van der Waals surface area (Å²) in [7, 11) is 4.84. The molecule has 2 aromatic carbocycles. The number of amides is 4. The van der Waals surface area contributed by atoms with Crippen LogP contribution in [0.4, 0.5) is 0 Å². The predicted molar refractivity (Wildman–Crippen MR) is 196 cm³/mol. The highest BCUT2D eigenvalue weighted by Crippen LogP contribution is 2.23. The second kappa shape index (κ2) is 18.6. The molecule has 6 rings (SSSR count). The van der Waals surface area contributed by atoms with E-state index in [4.69, 9.17) is 9.47 Å². The van der Waals surface area contributed by atoms with Crippen molar-refractivity contribution in [3.63, 3.8) is 0 Å². The molecule has 15 nitrogen and oxygen atoms in total. The van der Waals surface area contributed by atoms with Gasteiger partial charge in [-0.05, 0) is 69.3 Å². The van der Waals surface area contributed by atoms with Gasteiger partial charge in [0.1, 0.15) is 36.5 Å². The van der Waals surface area contributed by atoms with E-state index in [2.05, 4.69) is 26.8 Å². The van der Waals surface area contributed by atoms with Gasteiger partial charge in [-0.25, -0.2) is 4.79 Å². The first kappa shape index (κ1) is 39.1. The lowest BCUT2D eigenvalue weighted by Crippen LogP contribution is -2.58. The molecule has 4 bridgehead atoms. The number of hydrogen-bond donors (Lipinski definition) is 5. The van der Waals surface area contributed by atoms with Crippen molar-refractivity contribution in [2.45, 2.75) is 82.1 Å². The van der Waals surface area contributed by atoms with Crippen LogP contribution in [0.2, 0.25) is 0 Å². The number of benzene rings is 2. The highest BCUT2D eigenvalue weighted by Gasteiger charge is 2.39. The fourth-order valence-electron chi connectivity index (χ4n) is 6.73. The zero-order chi connectivity index (χ0) is 37.9. The summed E-state index contributed by atoms with van der Waals surface area (Å²) in [5.41, 5.74) is 5.85. The number of fused-ring (bicyclic) bond motifs is 14. The highest BCUT2D eigenvalue weighted by atomic mass is 16.5. The van der Waals surface area contributed by atoms with E-state index in [1.165, 1.54) is 12.0 Å². The van der Waals surface area contributed by atoms with Crippen LogP contribution in [0.3, 0.4) is 0 Å². The third-order valence-corrected chi connectivity index (χ3v) is 9.90. The highest BCUT2D eigenvalue weighted by molar-refractivity contribution is 5.96. The summed E-state index contributed by atoms with van der Waals surface area (Å²) in [4.78, 5) is 69.7. The van der Waals surface area contributed by atoms with Gasteiger partial charge in [-0.3, -0.25) is 29.2 Å². The first-order valence-electron chi connectivity index (χ1n) is 18.3. The smallest absolute Gasteiger partial charge is 0.328 e. The maximum Gasteiger partial charge on any atom is 0.328 e. The van der Waals surface area contributed by atoms with Crippen LogP contribution >= 0.6 is 0 Å². The summed E-state index contributed by atoms with van der Waals surface area (Å²) < 4.78 is 11.0. The van der Waals surface area contributed by atoms with Crippen molar-refractivity contribution in [1.82, 2.24) is 41.7 Å². The first-order valence-corrected chi connectivity index (χ1v) is 18.3. The normalized spacial score (nSPS) is 23.9. The van der Waals surface area contributed by atoms with Crippen LogP contribution in [0.25, 0.3) is 0 Å². The van der Waals surface area contributed by atoms with Gasteiger partial charge < -0.3 is 35.6 Å². The van der Waals surface area contributed by atoms with E-state index >= 15 is 0 Å². The van der Waals surface area contributed by atoms with Crippen LogP contribution in [0, 0.1) is 0 Å². The van der Waals surface area contributed by atoms with Crippen molar-refractivity contribution in [3.05, 3.63) is 77.6 Å². The molecule has 4 heterocycles. The van der Waals surface area contributed by atoms with E-state index in [0.29, 0.717) is 57.6 Å². The summed E-state index contributed by atoms with van der Waals surface area (Å²) in [5, 5.41) is 15.4. The Bertz CT molecular complexity index is 1620. The predicted octanol–water partition coefficient (Wildman–Crippen LogP) is 0.769. The molecule has 5 atom stereocenters. The number of allylic oxidation sites excluding steroid dienone is 1. The summed E-state index contributed by atoms with van der Waals surface area (Å²) in [6, 6.07) is 12.2. The monoisotopic (exact) mass is 732 g/mol. The van der Waals surface area contributed by atoms with E-state index in [9.17, 15) is 24.0 Å². The van der Waals surface area contributed by atoms with Crippen molar-refractivity contribution in [1.29, 1.82) is 0 Å². The molecule has 53 heavy (non-hydrogen) atoms. The van der Waals surface area contributed by atoms with E-state index in [-0.39, 0.29) is 24.7 Å². The quantitative estimate of drug-likeness (QED) is 0.266. The van der Waals surface area contributed by atoms with Gasteiger partial charge in [0.15, 0.2) is 0 Å². The van der Waals surface area contributed by atoms with Crippen molar-refractivity contribution in [2.75, 3.05) is 40.9 Å². The molecule has 0 saturated carbocycles. The fourth-order valence-corrected chi connectivity index (χ4v) is 6.73. The Hall–Kier alpha value is -5.15. The first-order chi connectivity index (χ1) is 25.6. The minimum atomic E-state index is -1.06. The van der Waals surface area contributed by atoms with Gasteiger partial charge in [0.05, 0.1) is 19.7 Å². The molecule has 1 saturated heterocycles. The van der Waals surface area contributed by atoms with Crippen LogP contribution < -0.4 is 31.5 Å². The lowest BCUT2D eigenvalue weighted by molar-refractivity contribution is -0.145. The fraction of sp³-hybridized carbons (Fsp3) is 0.500. The molecule has 2 aromatic rings. The number of nitrogens with zero attached hydrogens (tertiary/aromatic N) is 3. The average Bonchev–Trinajstić information content (AvgIpc) is 3.80. The van der Waals surface area contributed by atoms with Gasteiger partial charge >= 0.3 is 5.97 Å². The van der Waals surface area contributed by atoms with E-state index < -0.39 is 48.0 Å². The number of esters is 1. The lowest BCUT2D eigenvalue weighted by Gasteiger charge is -2.30. The van der Waals surface area contributed by atoms with Crippen LogP contribution in [-0.2, 0) is 41.6 Å². The van der Waals surface area contributed by atoms with Crippen molar-refractivity contribution >= 4 is 29.6 Å². The van der Waals surface area contributed by atoms with Crippen molar-refractivity contribution < 1.29 is 33.4 Å². The van der Waals surface area contributed by atoms with Crippen LogP contribution in [-0.4, -0.2) is 116 Å². The summed E-state index contributed by atoms with van der Waals surface area (Å²) >= 11 is 0. The van der Waals surface area contributed by atoms with Crippen LogP contribution in [0.1, 0.15) is 50.2 Å². The van der Waals surface area contributed by atoms with Crippen LogP contribution in [0.5, 0.6) is 5.75 Å². The van der Waals surface area contributed by atoms with Gasteiger partial charge in [0.2, 0.25) is 23.6 Å². The Morgan fingerprint density at radius 3 is 2.45 bits per heavy atom. The molecule has 0 aromatic heterocycles. The Kier molecular flexibility index (Phi) is 13.7. The molecular formula is C38H52N8O7. The van der Waals surface area contributed by atoms with Gasteiger partial charge in [-0.15, -0.1) is 5.53 Å². The van der Waals surface area contributed by atoms with Gasteiger partial charge in [-0.2, -0.15) is 0 Å². The minimum absolute atomic E-state index is 0.145. The molecule has 4 aliphatic heterocycles. The number of carbonyl (C=O) groups is 5. The molecular weight excluding hydrogens is 680 g/mol. The maximum absolute atomic E-state index is 14.2. The second-order valence-corrected chi connectivity index (χ2v) is 13.7. The van der Waals surface area contributed by atoms with Crippen LogP contribution in [0.15, 0.2) is 66.5 Å². The van der Waals surface area contributed by atoms with Gasteiger partial charge in [0.25, 0.3) is 0 Å². The molecule has 15 heteroatoms. The lowest BCUT2D eigenvalue weighted by atomic mass is 10.0. The van der Waals surface area contributed by atoms with E-state index in [1.54, 1.807) is 14.0 Å². The largest absolute Gasteiger partial charge is 0.492 e. The third-order valence-electron chi connectivity index (χ3n) is 9.90. The number of likely N-dealkylation sites (N-methyl/N-ethyl adjacent to an activating group) is 1. The zero-order valence-corrected chi connectivity index (χ0v) is 30.9. The standard InChI is InChI=1S/C38H52N8O7/c1-25(39-2)34(47)40-30-13-8-12-28-24-45(43-44(28)3)20-21-53-29-17-15-27(16-18-29)23-32(38(51)52-4)42-35(48)31(22-26-10-6-5-7-11-26)41-36(49)33-14-9-19-46(33)37(30)50/h5-7,10-11,15-18,24-25,30-33,39,43H,8-9,12-14,19-23H2,1-4H3,(H,40,47)(H,41,49)(H,42,48)/t25-,30-,31-,32-,33-/m0/s1. The summed E-state index contributed by atoms with van der Waals surface area (Å²) in [5.74, 6) is -1.70. The average molecular weight is 733 g/mol. The molecule has 4 aliphatic rings. The molecule has 0 spiro atoms. The number of hydrogen-bond acceptors (Lipinski definition) is 11. The van der Waals surface area contributed by atoms with E-state index in [1.807, 2.05) is 77.9 Å². The number of ether oxygens (including phenoxy) is 2. The Morgan fingerprint density at radius 2 is 1.74 bits per heavy atom. The van der Waals surface area contributed by atoms with Gasteiger partial charge in [-0.1, -0.05) is 42.5 Å². The van der Waals surface area contributed by atoms with E-state index in [0.717, 1.165) is 16.8 Å². The van der Waals surface area contributed by atoms with Crippen molar-refractivity contribution in [2.24, 2.45) is 0 Å². The number of rotatable bonds is 6. The third kappa shape index (κ3) is 10.5. The number of carbonyl (C=O) groups excluding carboxylic acids is 5. The molecule has 1 fully saturated rings. The van der Waals surface area contributed by atoms with Crippen molar-refractivity contribution in [3.8, 4) is 5.75 Å². The maximum atomic E-state index is 14.2. The Morgan fingerprint density at radius 1 is 0.981 bits per heavy atom. The summed E-state index contributed by atoms with van der Waals surface area (Å²) in [6.07, 6.45) is 4.85.